The third-order valence-electron chi connectivity index (χ3n) is 3.29. The lowest BCUT2D eigenvalue weighted by Gasteiger charge is -2.14. The van der Waals surface area contributed by atoms with Crippen molar-refractivity contribution in [1.29, 1.82) is 0 Å². The maximum absolute atomic E-state index is 4.71. The zero-order valence-electron chi connectivity index (χ0n) is 12.0. The van der Waals surface area contributed by atoms with Gasteiger partial charge in [0.25, 0.3) is 0 Å². The van der Waals surface area contributed by atoms with Gasteiger partial charge in [-0.3, -0.25) is 0 Å². The maximum atomic E-state index is 4.71. The van der Waals surface area contributed by atoms with Gasteiger partial charge in [-0.2, -0.15) is 0 Å². The van der Waals surface area contributed by atoms with Crippen molar-refractivity contribution in [3.05, 3.63) is 58.6 Å². The van der Waals surface area contributed by atoms with Crippen LogP contribution in [0, 0.1) is 13.8 Å². The predicted molar refractivity (Wildman–Crippen MR) is 87.6 cm³/mol. The van der Waals surface area contributed by atoms with Gasteiger partial charge in [0, 0.05) is 5.69 Å². The molecule has 3 rings (SSSR count). The zero-order chi connectivity index (χ0) is 14.1. The van der Waals surface area contributed by atoms with Gasteiger partial charge in [-0.25, -0.2) is 4.98 Å². The van der Waals surface area contributed by atoms with Crippen molar-refractivity contribution in [2.75, 3.05) is 5.32 Å². The standard InChI is InChI=1S/C17H18N2S/c1-11-8-12(2)10-14(9-11)18-13(3)17-19-15-6-4-5-7-16(15)20-17/h4-10,13,18H,1-3H3. The molecule has 0 saturated heterocycles. The molecule has 1 unspecified atom stereocenters. The van der Waals surface area contributed by atoms with Crippen molar-refractivity contribution in [1.82, 2.24) is 4.98 Å². The molecule has 1 N–H and O–H groups in total. The number of thiazole rings is 1. The summed E-state index contributed by atoms with van der Waals surface area (Å²) >= 11 is 1.76. The molecule has 3 aromatic rings. The van der Waals surface area contributed by atoms with E-state index in [1.807, 2.05) is 6.07 Å². The number of benzene rings is 2. The van der Waals surface area contributed by atoms with Gasteiger partial charge in [0.15, 0.2) is 0 Å². The quantitative estimate of drug-likeness (QED) is 0.724. The van der Waals surface area contributed by atoms with Crippen LogP contribution in [0.25, 0.3) is 10.2 Å². The molecule has 2 aromatic carbocycles. The average molecular weight is 282 g/mol. The summed E-state index contributed by atoms with van der Waals surface area (Å²) in [5.41, 5.74) is 4.81. The van der Waals surface area contributed by atoms with E-state index in [1.54, 1.807) is 11.3 Å². The molecule has 0 saturated carbocycles. The fourth-order valence-electron chi connectivity index (χ4n) is 2.44. The molecule has 1 aromatic heterocycles. The highest BCUT2D eigenvalue weighted by atomic mass is 32.1. The minimum Gasteiger partial charge on any atom is -0.376 e. The van der Waals surface area contributed by atoms with Crippen LogP contribution in [-0.4, -0.2) is 4.98 Å². The highest BCUT2D eigenvalue weighted by Gasteiger charge is 2.11. The number of aromatic nitrogens is 1. The van der Waals surface area contributed by atoms with Crippen LogP contribution in [-0.2, 0) is 0 Å². The van der Waals surface area contributed by atoms with Crippen molar-refractivity contribution in [2.24, 2.45) is 0 Å². The molecule has 0 amide bonds. The van der Waals surface area contributed by atoms with Gasteiger partial charge in [-0.05, 0) is 56.2 Å². The van der Waals surface area contributed by atoms with Crippen LogP contribution in [0.5, 0.6) is 0 Å². The van der Waals surface area contributed by atoms with Crippen LogP contribution in [0.15, 0.2) is 42.5 Å². The minimum atomic E-state index is 0.216. The Morgan fingerprint density at radius 2 is 1.75 bits per heavy atom. The molecular formula is C17H18N2S. The maximum Gasteiger partial charge on any atom is 0.116 e. The third-order valence-corrected chi connectivity index (χ3v) is 4.50. The summed E-state index contributed by atoms with van der Waals surface area (Å²) in [6.07, 6.45) is 0. The van der Waals surface area contributed by atoms with Gasteiger partial charge in [0.1, 0.15) is 5.01 Å². The Morgan fingerprint density at radius 1 is 1.05 bits per heavy atom. The van der Waals surface area contributed by atoms with Crippen LogP contribution in [0.1, 0.15) is 29.1 Å². The number of hydrogen-bond acceptors (Lipinski definition) is 3. The van der Waals surface area contributed by atoms with E-state index >= 15 is 0 Å². The second-order valence-corrected chi connectivity index (χ2v) is 6.32. The fraction of sp³-hybridized carbons (Fsp3) is 0.235. The van der Waals surface area contributed by atoms with Crippen LogP contribution in [0.3, 0.4) is 0 Å². The molecule has 0 aliphatic rings. The number of para-hydroxylation sites is 1. The van der Waals surface area contributed by atoms with E-state index in [0.717, 1.165) is 16.2 Å². The van der Waals surface area contributed by atoms with Gasteiger partial charge < -0.3 is 5.32 Å². The van der Waals surface area contributed by atoms with Crippen molar-refractivity contribution in [3.8, 4) is 0 Å². The summed E-state index contributed by atoms with van der Waals surface area (Å²) in [4.78, 5) is 4.71. The summed E-state index contributed by atoms with van der Waals surface area (Å²) in [6, 6.07) is 15.0. The number of fused-ring (bicyclic) bond motifs is 1. The molecule has 3 heteroatoms. The van der Waals surface area contributed by atoms with Gasteiger partial charge in [0.2, 0.25) is 0 Å². The molecule has 102 valence electrons. The second-order valence-electron chi connectivity index (χ2n) is 5.26. The SMILES string of the molecule is Cc1cc(C)cc(NC(C)c2nc3ccccc3s2)c1. The first-order chi connectivity index (χ1) is 9.61. The van der Waals surface area contributed by atoms with Crippen molar-refractivity contribution in [3.63, 3.8) is 0 Å². The molecule has 1 heterocycles. The van der Waals surface area contributed by atoms with Crippen molar-refractivity contribution >= 4 is 27.2 Å². The molecular weight excluding hydrogens is 264 g/mol. The van der Waals surface area contributed by atoms with E-state index in [9.17, 15) is 0 Å². The Labute approximate surface area is 123 Å². The van der Waals surface area contributed by atoms with E-state index in [0.29, 0.717) is 0 Å². The number of anilines is 1. The van der Waals surface area contributed by atoms with E-state index in [1.165, 1.54) is 15.8 Å². The van der Waals surface area contributed by atoms with Crippen molar-refractivity contribution in [2.45, 2.75) is 26.8 Å². The molecule has 0 aliphatic carbocycles. The Balaban J connectivity index is 1.86. The lowest BCUT2D eigenvalue weighted by Crippen LogP contribution is -2.06. The van der Waals surface area contributed by atoms with Gasteiger partial charge >= 0.3 is 0 Å². The average Bonchev–Trinajstić information content (AvgIpc) is 2.81. The minimum absolute atomic E-state index is 0.216. The van der Waals surface area contributed by atoms with Gasteiger partial charge in [0.05, 0.1) is 16.3 Å². The first kappa shape index (κ1) is 13.1. The Kier molecular flexibility index (Phi) is 3.45. The molecule has 0 aliphatic heterocycles. The number of aryl methyl sites for hydroxylation is 2. The highest BCUT2D eigenvalue weighted by Crippen LogP contribution is 2.28. The predicted octanol–water partition coefficient (Wildman–Crippen LogP) is 5.09. The molecule has 0 radical (unpaired) electrons. The third kappa shape index (κ3) is 2.68. The largest absolute Gasteiger partial charge is 0.376 e. The zero-order valence-corrected chi connectivity index (χ0v) is 12.8. The van der Waals surface area contributed by atoms with Crippen molar-refractivity contribution < 1.29 is 0 Å². The van der Waals surface area contributed by atoms with E-state index in [4.69, 9.17) is 4.98 Å². The molecule has 1 atom stereocenters. The number of hydrogen-bond donors (Lipinski definition) is 1. The Hall–Kier alpha value is -1.87. The van der Waals surface area contributed by atoms with Gasteiger partial charge in [-0.1, -0.05) is 18.2 Å². The second kappa shape index (κ2) is 5.25. The van der Waals surface area contributed by atoms with E-state index in [-0.39, 0.29) is 6.04 Å². The van der Waals surface area contributed by atoms with Crippen LogP contribution < -0.4 is 5.32 Å². The first-order valence-corrected chi connectivity index (χ1v) is 7.64. The molecule has 0 fully saturated rings. The normalized spacial score (nSPS) is 12.6. The highest BCUT2D eigenvalue weighted by molar-refractivity contribution is 7.18. The summed E-state index contributed by atoms with van der Waals surface area (Å²) in [6.45, 7) is 6.41. The first-order valence-electron chi connectivity index (χ1n) is 6.82. The van der Waals surface area contributed by atoms with Crippen LogP contribution >= 0.6 is 11.3 Å². The van der Waals surface area contributed by atoms with Gasteiger partial charge in [-0.15, -0.1) is 11.3 Å². The Bertz CT molecular complexity index is 692. The van der Waals surface area contributed by atoms with Crippen LogP contribution in [0.2, 0.25) is 0 Å². The van der Waals surface area contributed by atoms with E-state index < -0.39 is 0 Å². The number of nitrogens with zero attached hydrogens (tertiary/aromatic N) is 1. The number of nitrogens with one attached hydrogen (secondary N) is 1. The summed E-state index contributed by atoms with van der Waals surface area (Å²) < 4.78 is 1.25. The lowest BCUT2D eigenvalue weighted by atomic mass is 10.1. The molecule has 0 spiro atoms. The monoisotopic (exact) mass is 282 g/mol. The number of rotatable bonds is 3. The molecule has 2 nitrogen and oxygen atoms in total. The molecule has 0 bridgehead atoms. The smallest absolute Gasteiger partial charge is 0.116 e. The summed E-state index contributed by atoms with van der Waals surface area (Å²) in [5.74, 6) is 0. The summed E-state index contributed by atoms with van der Waals surface area (Å²) in [7, 11) is 0. The molecule has 20 heavy (non-hydrogen) atoms. The topological polar surface area (TPSA) is 24.9 Å². The lowest BCUT2D eigenvalue weighted by molar-refractivity contribution is 0.873. The Morgan fingerprint density at radius 3 is 2.45 bits per heavy atom. The van der Waals surface area contributed by atoms with Crippen LogP contribution in [0.4, 0.5) is 5.69 Å². The van der Waals surface area contributed by atoms with E-state index in [2.05, 4.69) is 62.5 Å². The summed E-state index contributed by atoms with van der Waals surface area (Å²) in [5, 5.41) is 4.68. The fourth-order valence-corrected chi connectivity index (χ4v) is 3.41.